The molecule has 1 saturated carbocycles. The van der Waals surface area contributed by atoms with Crippen molar-refractivity contribution < 1.29 is 26.7 Å². The van der Waals surface area contributed by atoms with Gasteiger partial charge in [-0.1, -0.05) is 73.5 Å². The van der Waals surface area contributed by atoms with Crippen LogP contribution in [0.25, 0.3) is 0 Å². The van der Waals surface area contributed by atoms with Crippen molar-refractivity contribution in [2.24, 2.45) is 5.92 Å². The van der Waals surface area contributed by atoms with E-state index >= 15 is 0 Å². The third kappa shape index (κ3) is 6.43. The molecule has 0 radical (unpaired) electrons. The second kappa shape index (κ2) is 11.6. The summed E-state index contributed by atoms with van der Waals surface area (Å²) in [7, 11) is 4.46. The van der Waals surface area contributed by atoms with Gasteiger partial charge in [0.15, 0.2) is 0 Å². The fourth-order valence-corrected chi connectivity index (χ4v) is 6.02. The number of thiazole rings is 1. The zero-order valence-corrected chi connectivity index (χ0v) is 21.2. The van der Waals surface area contributed by atoms with Gasteiger partial charge in [0.25, 0.3) is 0 Å². The van der Waals surface area contributed by atoms with Crippen molar-refractivity contribution in [2.45, 2.75) is 44.4 Å². The molecule has 1 N–H and O–H groups in total. The average Bonchev–Trinajstić information content (AvgIpc) is 3.50. The molecule has 2 aromatic carbocycles. The van der Waals surface area contributed by atoms with Gasteiger partial charge < -0.3 is 26.7 Å². The Labute approximate surface area is 208 Å². The highest BCUT2D eigenvalue weighted by molar-refractivity contribution is 7.11. The molecule has 4 nitrogen and oxygen atoms in total. The molecule has 6 heteroatoms. The Kier molecular flexibility index (Phi) is 9.08. The summed E-state index contributed by atoms with van der Waals surface area (Å²) in [4.78, 5) is 5.97. The van der Waals surface area contributed by atoms with Crippen LogP contribution in [-0.2, 0) is 23.5 Å². The molecule has 33 heavy (non-hydrogen) atoms. The smallest absolute Gasteiger partial charge is 0.144 e. The Balaban J connectivity index is 0.00000306. The molecule has 0 bridgehead atoms. The van der Waals surface area contributed by atoms with E-state index in [1.165, 1.54) is 23.3 Å². The molecular weight excluding hydrogens is 452 g/mol. The third-order valence-electron chi connectivity index (χ3n) is 6.58. The van der Waals surface area contributed by atoms with Crippen LogP contribution in [0.15, 0.2) is 66.9 Å². The van der Waals surface area contributed by atoms with E-state index in [1.54, 1.807) is 11.3 Å². The number of benzene rings is 2. The van der Waals surface area contributed by atoms with Gasteiger partial charge in [0, 0.05) is 6.20 Å². The number of likely N-dealkylation sites (N-methyl/N-ethyl adjacent to an activating group) is 1. The van der Waals surface area contributed by atoms with Crippen LogP contribution in [0.4, 0.5) is 0 Å². The van der Waals surface area contributed by atoms with Crippen molar-refractivity contribution in [3.05, 3.63) is 87.9 Å². The summed E-state index contributed by atoms with van der Waals surface area (Å²) in [5.74, 6) is 0.234. The highest BCUT2D eigenvalue weighted by Gasteiger charge is 2.44. The number of hydrogen-bond donors (Lipinski definition) is 1. The van der Waals surface area contributed by atoms with Gasteiger partial charge >= 0.3 is 0 Å². The zero-order chi connectivity index (χ0) is 22.4. The van der Waals surface area contributed by atoms with Crippen molar-refractivity contribution in [1.29, 1.82) is 0 Å². The maximum absolute atomic E-state index is 12.0. The second-order valence-electron chi connectivity index (χ2n) is 9.60. The van der Waals surface area contributed by atoms with Gasteiger partial charge in [0.1, 0.15) is 23.7 Å². The van der Waals surface area contributed by atoms with E-state index < -0.39 is 5.60 Å². The second-order valence-corrected chi connectivity index (χ2v) is 10.7. The molecule has 1 aliphatic rings. The van der Waals surface area contributed by atoms with Gasteiger partial charge in [0.05, 0.1) is 32.2 Å². The first-order valence-electron chi connectivity index (χ1n) is 11.6. The molecule has 0 saturated heterocycles. The van der Waals surface area contributed by atoms with Crippen LogP contribution < -0.4 is 12.4 Å². The summed E-state index contributed by atoms with van der Waals surface area (Å²) in [6.45, 7) is 3.16. The fourth-order valence-electron chi connectivity index (χ4n) is 4.70. The molecule has 0 spiro atoms. The maximum Gasteiger partial charge on any atom is 0.144 e. The Morgan fingerprint density at radius 3 is 2.33 bits per heavy atom. The minimum Gasteiger partial charge on any atom is -1.00 e. The van der Waals surface area contributed by atoms with Gasteiger partial charge in [0.2, 0.25) is 0 Å². The number of hydrogen-bond acceptors (Lipinski definition) is 4. The van der Waals surface area contributed by atoms with Crippen molar-refractivity contribution in [1.82, 2.24) is 4.98 Å². The summed E-state index contributed by atoms with van der Waals surface area (Å²) in [5.41, 5.74) is 1.18. The molecule has 1 atom stereocenters. The third-order valence-corrected chi connectivity index (χ3v) is 7.68. The number of aliphatic hydroxyl groups is 1. The molecule has 1 fully saturated rings. The lowest BCUT2D eigenvalue weighted by molar-refractivity contribution is -0.903. The monoisotopic (exact) mass is 486 g/mol. The van der Waals surface area contributed by atoms with Crippen LogP contribution in [0.3, 0.4) is 0 Å². The van der Waals surface area contributed by atoms with E-state index in [0.717, 1.165) is 41.0 Å². The topological polar surface area (TPSA) is 42.4 Å². The molecule has 1 unspecified atom stereocenters. The standard InChI is InChI=1S/C27H35N2O2S.ClH/c1-29(2,17-18-31-21-22-11-5-3-6-12-22)20-25-19-28-26(32-25)27(30,24-15-9-10-16-24)23-13-7-4-8-14-23;/h3-8,11-14,19,24,30H,9-10,15-18,20-21H2,1-2H3;1H/q+1;/p-1. The lowest BCUT2D eigenvalue weighted by atomic mass is 9.80. The minimum atomic E-state index is -0.989. The van der Waals surface area contributed by atoms with E-state index in [1.807, 2.05) is 54.7 Å². The van der Waals surface area contributed by atoms with Gasteiger partial charge in [-0.3, -0.25) is 0 Å². The molecule has 1 heterocycles. The van der Waals surface area contributed by atoms with E-state index in [0.29, 0.717) is 13.2 Å². The van der Waals surface area contributed by atoms with Gasteiger partial charge in [-0.15, -0.1) is 11.3 Å². The molecular formula is C27H35ClN2O2S. The summed E-state index contributed by atoms with van der Waals surface area (Å²) in [5, 5.41) is 12.8. The largest absolute Gasteiger partial charge is 1.00 e. The van der Waals surface area contributed by atoms with Crippen molar-refractivity contribution in [3.63, 3.8) is 0 Å². The van der Waals surface area contributed by atoms with Crippen LogP contribution in [0.5, 0.6) is 0 Å². The number of quaternary nitrogens is 1. The Morgan fingerprint density at radius 1 is 1.03 bits per heavy atom. The SMILES string of the molecule is C[N+](C)(CCOCc1ccccc1)Cc1cnc(C(O)(c2ccccc2)C2CCCC2)s1.[Cl-]. The minimum absolute atomic E-state index is 0. The first-order valence-corrected chi connectivity index (χ1v) is 12.5. The van der Waals surface area contributed by atoms with Gasteiger partial charge in [-0.25, -0.2) is 4.98 Å². The van der Waals surface area contributed by atoms with Gasteiger partial charge in [-0.2, -0.15) is 0 Å². The van der Waals surface area contributed by atoms with Gasteiger partial charge in [-0.05, 0) is 29.9 Å². The highest BCUT2D eigenvalue weighted by atomic mass is 35.5. The van der Waals surface area contributed by atoms with E-state index in [4.69, 9.17) is 9.72 Å². The zero-order valence-electron chi connectivity index (χ0n) is 19.6. The van der Waals surface area contributed by atoms with Crippen molar-refractivity contribution >= 4 is 11.3 Å². The Bertz CT molecular complexity index is 974. The normalized spacial score (nSPS) is 16.3. The van der Waals surface area contributed by atoms with E-state index in [-0.39, 0.29) is 18.3 Å². The summed E-state index contributed by atoms with van der Waals surface area (Å²) in [6, 6.07) is 20.4. The predicted octanol–water partition coefficient (Wildman–Crippen LogP) is 2.37. The molecule has 0 amide bonds. The predicted molar refractivity (Wildman–Crippen MR) is 130 cm³/mol. The van der Waals surface area contributed by atoms with Crippen LogP contribution in [-0.4, -0.2) is 41.8 Å². The molecule has 0 aliphatic heterocycles. The lowest BCUT2D eigenvalue weighted by Gasteiger charge is -2.33. The summed E-state index contributed by atoms with van der Waals surface area (Å²) < 4.78 is 6.73. The molecule has 3 aromatic rings. The number of rotatable bonds is 10. The maximum atomic E-state index is 12.0. The number of ether oxygens (including phenoxy) is 1. The summed E-state index contributed by atoms with van der Waals surface area (Å²) in [6.07, 6.45) is 6.45. The van der Waals surface area contributed by atoms with E-state index in [9.17, 15) is 5.11 Å². The summed E-state index contributed by atoms with van der Waals surface area (Å²) >= 11 is 1.67. The number of nitrogens with zero attached hydrogens (tertiary/aromatic N) is 2. The number of halogens is 1. The average molecular weight is 487 g/mol. The first-order chi connectivity index (χ1) is 15.5. The fraction of sp³-hybridized carbons (Fsp3) is 0.444. The first kappa shape index (κ1) is 25.9. The molecule has 4 rings (SSSR count). The molecule has 1 aromatic heterocycles. The lowest BCUT2D eigenvalue weighted by Crippen LogP contribution is -3.00. The Morgan fingerprint density at radius 2 is 1.67 bits per heavy atom. The van der Waals surface area contributed by atoms with Crippen molar-refractivity contribution in [3.8, 4) is 0 Å². The number of aromatic nitrogens is 1. The van der Waals surface area contributed by atoms with E-state index in [2.05, 4.69) is 26.2 Å². The van der Waals surface area contributed by atoms with Crippen LogP contribution >= 0.6 is 11.3 Å². The van der Waals surface area contributed by atoms with Crippen LogP contribution in [0.2, 0.25) is 0 Å². The highest BCUT2D eigenvalue weighted by Crippen LogP contribution is 2.46. The van der Waals surface area contributed by atoms with Crippen LogP contribution in [0.1, 0.15) is 46.7 Å². The quantitative estimate of drug-likeness (QED) is 0.353. The van der Waals surface area contributed by atoms with Crippen molar-refractivity contribution in [2.75, 3.05) is 27.2 Å². The Hall–Kier alpha value is -1.76. The molecule has 1 aliphatic carbocycles. The molecule has 178 valence electrons. The van der Waals surface area contributed by atoms with Crippen LogP contribution in [0, 0.1) is 5.92 Å².